The summed E-state index contributed by atoms with van der Waals surface area (Å²) in [7, 11) is -3.54. The summed E-state index contributed by atoms with van der Waals surface area (Å²) in [5.41, 5.74) is 0.120. The summed E-state index contributed by atoms with van der Waals surface area (Å²) >= 11 is 0. The molecule has 2 aliphatic rings. The minimum atomic E-state index is -3.54. The highest BCUT2D eigenvalue weighted by atomic mass is 32.2. The Hall–Kier alpha value is -1.51. The van der Waals surface area contributed by atoms with E-state index in [1.807, 2.05) is 0 Å². The number of benzene rings is 1. The second-order valence-corrected chi connectivity index (χ2v) is 8.84. The van der Waals surface area contributed by atoms with Crippen LogP contribution >= 0.6 is 0 Å². The van der Waals surface area contributed by atoms with Gasteiger partial charge in [-0.3, -0.25) is 15.0 Å². The van der Waals surface area contributed by atoms with Gasteiger partial charge in [-0.25, -0.2) is 8.42 Å². The number of hydrogen-bond acceptors (Lipinski definition) is 5. The topological polar surface area (TPSA) is 83.8 Å². The number of nitro benzene ring substituents is 1. The third-order valence-corrected chi connectivity index (χ3v) is 7.11. The van der Waals surface area contributed by atoms with Crippen LogP contribution in [0.3, 0.4) is 0 Å². The predicted octanol–water partition coefficient (Wildman–Crippen LogP) is 2.37. The first-order valence-corrected chi connectivity index (χ1v) is 10.5. The molecule has 0 unspecified atom stereocenters. The van der Waals surface area contributed by atoms with E-state index in [4.69, 9.17) is 0 Å². The van der Waals surface area contributed by atoms with E-state index in [1.54, 1.807) is 12.1 Å². The number of rotatable bonds is 5. The van der Waals surface area contributed by atoms with Gasteiger partial charge in [-0.15, -0.1) is 0 Å². The minimum absolute atomic E-state index is 0.132. The van der Waals surface area contributed by atoms with Gasteiger partial charge >= 0.3 is 0 Å². The number of hydrogen-bond donors (Lipinski definition) is 0. The van der Waals surface area contributed by atoms with E-state index in [0.29, 0.717) is 19.1 Å². The molecule has 0 aromatic heterocycles. The fourth-order valence-corrected chi connectivity index (χ4v) is 5.43. The zero-order valence-electron chi connectivity index (χ0n) is 14.3. The highest BCUT2D eigenvalue weighted by Gasteiger charge is 2.31. The van der Waals surface area contributed by atoms with E-state index >= 15 is 0 Å². The Morgan fingerprint density at radius 2 is 1.68 bits per heavy atom. The Kier molecular flexibility index (Phi) is 5.71. The molecule has 138 valence electrons. The second kappa shape index (κ2) is 7.80. The van der Waals surface area contributed by atoms with Crippen molar-refractivity contribution in [1.29, 1.82) is 0 Å². The van der Waals surface area contributed by atoms with Gasteiger partial charge in [0.15, 0.2) is 0 Å². The van der Waals surface area contributed by atoms with Crippen molar-refractivity contribution in [2.75, 3.05) is 26.2 Å². The summed E-state index contributed by atoms with van der Waals surface area (Å²) in [4.78, 5) is 13.0. The third-order valence-electron chi connectivity index (χ3n) is 5.28. The predicted molar refractivity (Wildman–Crippen MR) is 95.7 cm³/mol. The molecule has 1 aliphatic heterocycles. The molecular formula is C17H25N3O4S. The van der Waals surface area contributed by atoms with Gasteiger partial charge in [0.25, 0.3) is 5.69 Å². The normalized spacial score (nSPS) is 21.3. The number of piperazine rings is 1. The lowest BCUT2D eigenvalue weighted by Gasteiger charge is -2.40. The maximum Gasteiger partial charge on any atom is 0.273 e. The Balaban J connectivity index is 1.63. The van der Waals surface area contributed by atoms with Crippen molar-refractivity contribution in [2.24, 2.45) is 0 Å². The van der Waals surface area contributed by atoms with Crippen molar-refractivity contribution < 1.29 is 13.3 Å². The summed E-state index contributed by atoms with van der Waals surface area (Å²) in [6, 6.07) is 6.66. The Morgan fingerprint density at radius 3 is 2.32 bits per heavy atom. The molecule has 1 heterocycles. The fourth-order valence-electron chi connectivity index (χ4n) is 3.89. The summed E-state index contributed by atoms with van der Waals surface area (Å²) in [6.45, 7) is 2.44. The van der Waals surface area contributed by atoms with Gasteiger partial charge in [0.1, 0.15) is 0 Å². The Bertz CT molecular complexity index is 708. The molecular weight excluding hydrogens is 342 g/mol. The SMILES string of the molecule is O=[N+]([O-])c1ccccc1CS(=O)(=O)N1CCN(C2CCCCC2)CC1. The van der Waals surface area contributed by atoms with Gasteiger partial charge < -0.3 is 0 Å². The first-order chi connectivity index (χ1) is 12.0. The zero-order chi connectivity index (χ0) is 17.9. The summed E-state index contributed by atoms with van der Waals surface area (Å²) < 4.78 is 26.9. The van der Waals surface area contributed by atoms with Crippen molar-refractivity contribution >= 4 is 15.7 Å². The van der Waals surface area contributed by atoms with E-state index in [1.165, 1.54) is 48.5 Å². The summed E-state index contributed by atoms with van der Waals surface area (Å²) in [5.74, 6) is -0.312. The third kappa shape index (κ3) is 4.37. The molecule has 7 nitrogen and oxygen atoms in total. The van der Waals surface area contributed by atoms with Gasteiger partial charge in [-0.1, -0.05) is 37.5 Å². The molecule has 0 spiro atoms. The van der Waals surface area contributed by atoms with Crippen molar-refractivity contribution in [1.82, 2.24) is 9.21 Å². The van der Waals surface area contributed by atoms with Crippen LogP contribution in [0.2, 0.25) is 0 Å². The number of para-hydroxylation sites is 1. The molecule has 1 aromatic rings. The zero-order valence-corrected chi connectivity index (χ0v) is 15.2. The smallest absolute Gasteiger partial charge is 0.273 e. The van der Waals surface area contributed by atoms with E-state index in [2.05, 4.69) is 4.90 Å². The molecule has 0 bridgehead atoms. The quantitative estimate of drug-likeness (QED) is 0.589. The molecule has 0 N–H and O–H groups in total. The molecule has 3 rings (SSSR count). The lowest BCUT2D eigenvalue weighted by molar-refractivity contribution is -0.385. The molecule has 2 fully saturated rings. The average Bonchev–Trinajstić information content (AvgIpc) is 2.62. The van der Waals surface area contributed by atoms with Crippen molar-refractivity contribution in [3.05, 3.63) is 39.9 Å². The molecule has 0 radical (unpaired) electrons. The van der Waals surface area contributed by atoms with E-state index in [-0.39, 0.29) is 17.0 Å². The van der Waals surface area contributed by atoms with Crippen LogP contribution in [-0.2, 0) is 15.8 Å². The van der Waals surface area contributed by atoms with E-state index in [0.717, 1.165) is 13.1 Å². The molecule has 8 heteroatoms. The van der Waals surface area contributed by atoms with Crippen LogP contribution in [0.5, 0.6) is 0 Å². The van der Waals surface area contributed by atoms with Gasteiger partial charge in [0.05, 0.1) is 10.7 Å². The number of nitrogens with zero attached hydrogens (tertiary/aromatic N) is 3. The van der Waals surface area contributed by atoms with Gasteiger partial charge in [0, 0.05) is 43.9 Å². The second-order valence-electron chi connectivity index (χ2n) is 6.87. The van der Waals surface area contributed by atoms with Crippen LogP contribution in [0.25, 0.3) is 0 Å². The largest absolute Gasteiger partial charge is 0.298 e. The molecule has 1 saturated carbocycles. The van der Waals surface area contributed by atoms with Gasteiger partial charge in [-0.05, 0) is 12.8 Å². The molecule has 25 heavy (non-hydrogen) atoms. The molecule has 1 saturated heterocycles. The van der Waals surface area contributed by atoms with Crippen LogP contribution in [0.15, 0.2) is 24.3 Å². The molecule has 0 amide bonds. The monoisotopic (exact) mass is 367 g/mol. The lowest BCUT2D eigenvalue weighted by Crippen LogP contribution is -2.52. The van der Waals surface area contributed by atoms with Crippen LogP contribution < -0.4 is 0 Å². The standard InChI is InChI=1S/C17H25N3O4S/c21-20(22)17-9-5-4-6-15(17)14-25(23,24)19-12-10-18(11-13-19)16-7-2-1-3-8-16/h4-6,9,16H,1-3,7-8,10-14H2. The van der Waals surface area contributed by atoms with Crippen LogP contribution in [0.1, 0.15) is 37.7 Å². The minimum Gasteiger partial charge on any atom is -0.298 e. The van der Waals surface area contributed by atoms with Crippen molar-refractivity contribution in [3.63, 3.8) is 0 Å². The van der Waals surface area contributed by atoms with Crippen LogP contribution in [0, 0.1) is 10.1 Å². The molecule has 1 aromatic carbocycles. The summed E-state index contributed by atoms with van der Waals surface area (Å²) in [6.07, 6.45) is 6.26. The van der Waals surface area contributed by atoms with Gasteiger partial charge in [-0.2, -0.15) is 4.31 Å². The van der Waals surface area contributed by atoms with Crippen molar-refractivity contribution in [2.45, 2.75) is 43.9 Å². The average molecular weight is 367 g/mol. The lowest BCUT2D eigenvalue weighted by atomic mass is 9.94. The molecule has 1 aliphatic carbocycles. The Morgan fingerprint density at radius 1 is 1.04 bits per heavy atom. The first-order valence-electron chi connectivity index (χ1n) is 8.91. The first kappa shape index (κ1) is 18.3. The number of sulfonamides is 1. The summed E-state index contributed by atoms with van der Waals surface area (Å²) in [5, 5.41) is 11.1. The van der Waals surface area contributed by atoms with E-state index in [9.17, 15) is 18.5 Å². The highest BCUT2D eigenvalue weighted by Crippen LogP contribution is 2.25. The maximum atomic E-state index is 12.7. The van der Waals surface area contributed by atoms with Crippen molar-refractivity contribution in [3.8, 4) is 0 Å². The maximum absolute atomic E-state index is 12.7. The Labute approximate surface area is 148 Å². The van der Waals surface area contributed by atoms with Crippen LogP contribution in [-0.4, -0.2) is 54.8 Å². The highest BCUT2D eigenvalue weighted by molar-refractivity contribution is 7.88. The van der Waals surface area contributed by atoms with E-state index < -0.39 is 14.9 Å². The van der Waals surface area contributed by atoms with Gasteiger partial charge in [0.2, 0.25) is 10.0 Å². The number of nitro groups is 1. The van der Waals surface area contributed by atoms with Crippen LogP contribution in [0.4, 0.5) is 5.69 Å². The molecule has 0 atom stereocenters. The fraction of sp³-hybridized carbons (Fsp3) is 0.647.